The zero-order valence-electron chi connectivity index (χ0n) is 28.6. The molecule has 3 saturated heterocycles. The van der Waals surface area contributed by atoms with Crippen LogP contribution in [0.3, 0.4) is 0 Å². The van der Waals surface area contributed by atoms with Crippen LogP contribution in [0.25, 0.3) is 0 Å². The van der Waals surface area contributed by atoms with Crippen LogP contribution in [0.1, 0.15) is 41.6 Å². The van der Waals surface area contributed by atoms with Gasteiger partial charge in [-0.1, -0.05) is 18.2 Å². The van der Waals surface area contributed by atoms with Gasteiger partial charge < -0.3 is 19.9 Å². The molecule has 5 aliphatic rings. The number of anilines is 3. The number of carbonyl (C=O) groups is 1. The van der Waals surface area contributed by atoms with E-state index in [1.54, 1.807) is 24.5 Å². The number of ether oxygens (including phenoxy) is 1. The Bertz CT molecular complexity index is 1900. The summed E-state index contributed by atoms with van der Waals surface area (Å²) in [5.41, 5.74) is 4.52. The normalized spacial score (nSPS) is 20.7. The number of sulfonamides is 1. The SMILES string of the molecule is O=C(NS(=O)(=O)c1ccc(NCC2=CCOC=C2)c([N+](=O)[O-])c1)c1ccc(N2CCN(Cc3ccccc3N3CC4CCC(CC4)C3)CC2)cc1. The summed E-state index contributed by atoms with van der Waals surface area (Å²) in [6.45, 7) is 7.44. The van der Waals surface area contributed by atoms with Gasteiger partial charge in [0.2, 0.25) is 0 Å². The third-order valence-corrected chi connectivity index (χ3v) is 11.9. The number of rotatable bonds is 11. The molecule has 268 valence electrons. The number of hydrogen-bond acceptors (Lipinski definition) is 10. The largest absolute Gasteiger partial charge is 0.497 e. The Kier molecular flexibility index (Phi) is 10.3. The highest BCUT2D eigenvalue weighted by atomic mass is 32.2. The number of nitro benzene ring substituents is 1. The Hall–Kier alpha value is -4.88. The van der Waals surface area contributed by atoms with E-state index in [9.17, 15) is 23.3 Å². The summed E-state index contributed by atoms with van der Waals surface area (Å²) in [7, 11) is -4.38. The molecule has 4 heterocycles. The predicted octanol–water partition coefficient (Wildman–Crippen LogP) is 5.54. The van der Waals surface area contributed by atoms with Crippen LogP contribution >= 0.6 is 0 Å². The molecule has 1 amide bonds. The fourth-order valence-electron chi connectivity index (χ4n) is 7.63. The van der Waals surface area contributed by atoms with Crippen molar-refractivity contribution in [1.82, 2.24) is 9.62 Å². The van der Waals surface area contributed by atoms with Crippen LogP contribution in [0.15, 0.2) is 95.6 Å². The van der Waals surface area contributed by atoms with Crippen molar-refractivity contribution in [3.8, 4) is 0 Å². The molecule has 3 aromatic rings. The molecule has 51 heavy (non-hydrogen) atoms. The van der Waals surface area contributed by atoms with Gasteiger partial charge in [0.15, 0.2) is 0 Å². The van der Waals surface area contributed by atoms with Crippen LogP contribution in [0.2, 0.25) is 0 Å². The zero-order valence-corrected chi connectivity index (χ0v) is 29.4. The summed E-state index contributed by atoms with van der Waals surface area (Å²) in [4.78, 5) is 31.2. The number of nitrogens with zero attached hydrogens (tertiary/aromatic N) is 4. The molecule has 0 unspecified atom stereocenters. The number of carbonyl (C=O) groups excluding carboxylic acids is 1. The van der Waals surface area contributed by atoms with Gasteiger partial charge in [-0.25, -0.2) is 13.1 Å². The number of hydrogen-bond donors (Lipinski definition) is 2. The Balaban J connectivity index is 0.937. The molecule has 13 heteroatoms. The lowest BCUT2D eigenvalue weighted by Gasteiger charge is -2.37. The second-order valence-electron chi connectivity index (χ2n) is 13.9. The van der Waals surface area contributed by atoms with E-state index in [2.05, 4.69) is 49.0 Å². The fraction of sp³-hybridized carbons (Fsp3) is 0.395. The molecule has 0 radical (unpaired) electrons. The highest BCUT2D eigenvalue weighted by Crippen LogP contribution is 2.37. The molecule has 0 spiro atoms. The van der Waals surface area contributed by atoms with Gasteiger partial charge in [-0.2, -0.15) is 0 Å². The Labute approximate surface area is 299 Å². The van der Waals surface area contributed by atoms with E-state index in [-0.39, 0.29) is 16.1 Å². The lowest BCUT2D eigenvalue weighted by Crippen LogP contribution is -2.46. The van der Waals surface area contributed by atoms with Gasteiger partial charge in [-0.3, -0.25) is 19.8 Å². The van der Waals surface area contributed by atoms with E-state index in [0.29, 0.717) is 13.2 Å². The first-order valence-corrected chi connectivity index (χ1v) is 19.2. The topological polar surface area (TPSA) is 137 Å². The summed E-state index contributed by atoms with van der Waals surface area (Å²) in [5.74, 6) is 0.816. The highest BCUT2D eigenvalue weighted by Gasteiger charge is 2.31. The van der Waals surface area contributed by atoms with E-state index >= 15 is 0 Å². The van der Waals surface area contributed by atoms with Crippen molar-refractivity contribution in [3.63, 3.8) is 0 Å². The minimum atomic E-state index is -4.38. The van der Waals surface area contributed by atoms with Gasteiger partial charge in [-0.05, 0) is 103 Å². The van der Waals surface area contributed by atoms with Crippen LogP contribution in [0, 0.1) is 22.0 Å². The van der Waals surface area contributed by atoms with Crippen LogP contribution in [0.4, 0.5) is 22.7 Å². The minimum Gasteiger partial charge on any atom is -0.497 e. The molecule has 1 saturated carbocycles. The van der Waals surface area contributed by atoms with E-state index in [1.165, 1.54) is 62.2 Å². The van der Waals surface area contributed by atoms with Gasteiger partial charge in [-0.15, -0.1) is 0 Å². The van der Waals surface area contributed by atoms with Crippen LogP contribution in [-0.2, 0) is 21.3 Å². The van der Waals surface area contributed by atoms with Crippen molar-refractivity contribution in [2.24, 2.45) is 11.8 Å². The monoisotopic (exact) mass is 712 g/mol. The maximum atomic E-state index is 13.1. The first kappa shape index (κ1) is 34.6. The lowest BCUT2D eigenvalue weighted by atomic mass is 9.84. The Morgan fingerprint density at radius 1 is 0.902 bits per heavy atom. The molecular weight excluding hydrogens is 669 g/mol. The smallest absolute Gasteiger partial charge is 0.293 e. The molecule has 2 bridgehead atoms. The van der Waals surface area contributed by atoms with Crippen molar-refractivity contribution < 1.29 is 22.9 Å². The molecule has 4 aliphatic heterocycles. The average Bonchev–Trinajstić information content (AvgIpc) is 3.49. The molecule has 0 aromatic heterocycles. The van der Waals surface area contributed by atoms with Gasteiger partial charge in [0.25, 0.3) is 21.6 Å². The number of piperazine rings is 1. The number of benzene rings is 3. The third kappa shape index (κ3) is 8.20. The van der Waals surface area contributed by atoms with Crippen molar-refractivity contribution >= 4 is 38.7 Å². The minimum absolute atomic E-state index is 0.159. The first-order valence-electron chi connectivity index (χ1n) is 17.7. The van der Waals surface area contributed by atoms with Crippen LogP contribution in [0.5, 0.6) is 0 Å². The number of fused-ring (bicyclic) bond motifs is 4. The summed E-state index contributed by atoms with van der Waals surface area (Å²) in [5, 5.41) is 14.8. The molecule has 0 atom stereocenters. The summed E-state index contributed by atoms with van der Waals surface area (Å²) < 4.78 is 33.4. The molecule has 3 aromatic carbocycles. The van der Waals surface area contributed by atoms with E-state index in [1.807, 2.05) is 18.2 Å². The molecule has 1 aliphatic carbocycles. The van der Waals surface area contributed by atoms with Gasteiger partial charge in [0.05, 0.1) is 16.1 Å². The number of nitro groups is 1. The Morgan fingerprint density at radius 3 is 2.27 bits per heavy atom. The summed E-state index contributed by atoms with van der Waals surface area (Å²) in [6, 6.07) is 19.3. The van der Waals surface area contributed by atoms with Crippen molar-refractivity contribution in [3.05, 3.63) is 112 Å². The number of nitrogens with one attached hydrogen (secondary N) is 2. The molecule has 8 rings (SSSR count). The first-order chi connectivity index (χ1) is 24.7. The van der Waals surface area contributed by atoms with Crippen molar-refractivity contribution in [2.45, 2.75) is 37.1 Å². The molecule has 12 nitrogen and oxygen atoms in total. The third-order valence-electron chi connectivity index (χ3n) is 10.5. The Morgan fingerprint density at radius 2 is 1.61 bits per heavy atom. The van der Waals surface area contributed by atoms with Crippen molar-refractivity contribution in [2.75, 3.05) is 67.5 Å². The van der Waals surface area contributed by atoms with Crippen molar-refractivity contribution in [1.29, 1.82) is 0 Å². The number of amides is 1. The van der Waals surface area contributed by atoms with Gasteiger partial charge in [0, 0.05) is 75.4 Å². The van der Waals surface area contributed by atoms with Gasteiger partial charge in [0.1, 0.15) is 12.3 Å². The average molecular weight is 713 g/mol. The molecule has 4 fully saturated rings. The molecular formula is C38H44N6O6S. The van der Waals surface area contributed by atoms with Crippen LogP contribution < -0.4 is 19.8 Å². The lowest BCUT2D eigenvalue weighted by molar-refractivity contribution is -0.384. The van der Waals surface area contributed by atoms with Gasteiger partial charge >= 0.3 is 0 Å². The fourth-order valence-corrected chi connectivity index (χ4v) is 8.63. The second-order valence-corrected chi connectivity index (χ2v) is 15.6. The van der Waals surface area contributed by atoms with Crippen LogP contribution in [-0.4, -0.2) is 76.6 Å². The maximum absolute atomic E-state index is 13.1. The predicted molar refractivity (Wildman–Crippen MR) is 197 cm³/mol. The number of para-hydroxylation sites is 1. The standard InChI is InChI=1S/C38H44N6O6S/c45-38(40-51(48,49)34-13-14-35(37(23-34)44(46)47)39-24-28-15-21-50-22-16-28)31-9-11-33(12-10-31)42-19-17-41(18-20-42)27-32-3-1-2-4-36(32)43-25-29-5-6-30(26-43)8-7-29/h1-4,9-16,21,23,29-30,39H,5-8,17-20,22,24-27H2,(H,40,45). The molecule has 2 N–H and O–H groups in total. The maximum Gasteiger partial charge on any atom is 0.293 e. The quantitative estimate of drug-likeness (QED) is 0.193. The summed E-state index contributed by atoms with van der Waals surface area (Å²) in [6.07, 6.45) is 10.6. The van der Waals surface area contributed by atoms with E-state index < -0.39 is 26.5 Å². The van der Waals surface area contributed by atoms with E-state index in [0.717, 1.165) is 61.9 Å². The summed E-state index contributed by atoms with van der Waals surface area (Å²) >= 11 is 0. The zero-order chi connectivity index (χ0) is 35.4. The second kappa shape index (κ2) is 15.2. The highest BCUT2D eigenvalue weighted by molar-refractivity contribution is 7.90. The van der Waals surface area contributed by atoms with E-state index in [4.69, 9.17) is 4.74 Å².